The summed E-state index contributed by atoms with van der Waals surface area (Å²) in [6.07, 6.45) is -1.39. The first-order valence-corrected chi connectivity index (χ1v) is 15.7. The molecule has 3 rings (SSSR count). The SMILES string of the molecule is CC(C)(C)OC(=O)N1CCCCN(C(=O)OCc2ccccc2)C([C@H]2COC(C)(C)O2)CC(=O)N(C(=O)OC(C)(C)C)CCC1. The molecule has 2 heterocycles. The molecule has 0 aliphatic carbocycles. The minimum atomic E-state index is -0.923. The monoisotopic (exact) mass is 633 g/mol. The zero-order chi connectivity index (χ0) is 33.4. The van der Waals surface area contributed by atoms with Crippen molar-refractivity contribution in [3.8, 4) is 0 Å². The topological polar surface area (TPSA) is 124 Å². The van der Waals surface area contributed by atoms with Crippen molar-refractivity contribution in [2.75, 3.05) is 32.8 Å². The van der Waals surface area contributed by atoms with Crippen LogP contribution in [0.5, 0.6) is 0 Å². The number of rotatable bonds is 3. The van der Waals surface area contributed by atoms with Gasteiger partial charge < -0.3 is 33.5 Å². The summed E-state index contributed by atoms with van der Waals surface area (Å²) in [5, 5.41) is 0. The molecule has 0 spiro atoms. The van der Waals surface area contributed by atoms with Gasteiger partial charge in [-0.25, -0.2) is 19.3 Å². The second-order valence-corrected chi connectivity index (χ2v) is 13.9. The molecule has 12 heteroatoms. The van der Waals surface area contributed by atoms with Gasteiger partial charge in [-0.15, -0.1) is 0 Å². The van der Waals surface area contributed by atoms with Crippen molar-refractivity contribution in [1.29, 1.82) is 0 Å². The quantitative estimate of drug-likeness (QED) is 0.385. The Morgan fingerprint density at radius 1 is 0.844 bits per heavy atom. The zero-order valence-corrected chi connectivity index (χ0v) is 28.1. The minimum absolute atomic E-state index is 0.00569. The highest BCUT2D eigenvalue weighted by Gasteiger charge is 2.44. The molecule has 12 nitrogen and oxygen atoms in total. The number of amides is 4. The van der Waals surface area contributed by atoms with Crippen LogP contribution in [0.1, 0.15) is 86.6 Å². The van der Waals surface area contributed by atoms with Crippen molar-refractivity contribution in [3.05, 3.63) is 35.9 Å². The smallest absolute Gasteiger partial charge is 0.417 e. The third-order valence-corrected chi connectivity index (χ3v) is 7.14. The van der Waals surface area contributed by atoms with E-state index in [1.807, 2.05) is 30.3 Å². The Morgan fingerprint density at radius 3 is 2.04 bits per heavy atom. The van der Waals surface area contributed by atoms with E-state index in [-0.39, 0.29) is 39.3 Å². The van der Waals surface area contributed by atoms with Crippen molar-refractivity contribution in [2.45, 2.75) is 117 Å². The van der Waals surface area contributed by atoms with Crippen molar-refractivity contribution >= 4 is 24.2 Å². The van der Waals surface area contributed by atoms with E-state index in [9.17, 15) is 19.2 Å². The van der Waals surface area contributed by atoms with E-state index in [0.29, 0.717) is 25.8 Å². The van der Waals surface area contributed by atoms with Crippen LogP contribution in [0, 0.1) is 0 Å². The highest BCUT2D eigenvalue weighted by atomic mass is 16.7. The van der Waals surface area contributed by atoms with Gasteiger partial charge in [0, 0.05) is 26.2 Å². The lowest BCUT2D eigenvalue weighted by Crippen LogP contribution is -2.52. The zero-order valence-electron chi connectivity index (χ0n) is 28.1. The van der Waals surface area contributed by atoms with Crippen LogP contribution < -0.4 is 0 Å². The number of carbonyl (C=O) groups excluding carboxylic acids is 4. The van der Waals surface area contributed by atoms with Gasteiger partial charge >= 0.3 is 18.3 Å². The molecule has 0 bridgehead atoms. The van der Waals surface area contributed by atoms with Crippen molar-refractivity contribution in [1.82, 2.24) is 14.7 Å². The number of imide groups is 1. The van der Waals surface area contributed by atoms with E-state index in [1.54, 1.807) is 60.3 Å². The molecule has 2 aliphatic rings. The predicted molar refractivity (Wildman–Crippen MR) is 166 cm³/mol. The maximum Gasteiger partial charge on any atom is 0.417 e. The lowest BCUT2D eigenvalue weighted by atomic mass is 10.0. The van der Waals surface area contributed by atoms with Gasteiger partial charge in [-0.05, 0) is 80.2 Å². The summed E-state index contributed by atoms with van der Waals surface area (Å²) in [5.41, 5.74) is -0.726. The fraction of sp³-hybridized carbons (Fsp3) is 0.697. The van der Waals surface area contributed by atoms with Gasteiger partial charge in [0.25, 0.3) is 0 Å². The van der Waals surface area contributed by atoms with Gasteiger partial charge in [0.1, 0.15) is 23.9 Å². The first-order chi connectivity index (χ1) is 20.9. The molecular weight excluding hydrogens is 582 g/mol. The molecule has 2 fully saturated rings. The molecule has 1 unspecified atom stereocenters. The summed E-state index contributed by atoms with van der Waals surface area (Å²) < 4.78 is 29.0. The van der Waals surface area contributed by atoms with E-state index < -0.39 is 53.3 Å². The van der Waals surface area contributed by atoms with E-state index >= 15 is 0 Å². The molecule has 4 amide bonds. The Kier molecular flexibility index (Phi) is 12.2. The van der Waals surface area contributed by atoms with Gasteiger partial charge in [-0.1, -0.05) is 30.3 Å². The number of ether oxygens (including phenoxy) is 5. The molecule has 252 valence electrons. The van der Waals surface area contributed by atoms with Gasteiger partial charge in [0.2, 0.25) is 5.91 Å². The van der Waals surface area contributed by atoms with Crippen LogP contribution in [0.25, 0.3) is 0 Å². The van der Waals surface area contributed by atoms with E-state index in [2.05, 4.69) is 0 Å². The lowest BCUT2D eigenvalue weighted by molar-refractivity contribution is -0.150. The van der Waals surface area contributed by atoms with Crippen LogP contribution in [-0.4, -0.2) is 101 Å². The second kappa shape index (κ2) is 15.3. The van der Waals surface area contributed by atoms with Crippen LogP contribution in [0.4, 0.5) is 14.4 Å². The van der Waals surface area contributed by atoms with Crippen molar-refractivity contribution in [3.63, 3.8) is 0 Å². The second-order valence-electron chi connectivity index (χ2n) is 13.9. The van der Waals surface area contributed by atoms with Crippen LogP contribution in [0.2, 0.25) is 0 Å². The van der Waals surface area contributed by atoms with E-state index in [0.717, 1.165) is 10.5 Å². The number of carbonyl (C=O) groups is 4. The fourth-order valence-corrected chi connectivity index (χ4v) is 5.09. The highest BCUT2D eigenvalue weighted by molar-refractivity contribution is 5.92. The molecule has 1 aromatic rings. The van der Waals surface area contributed by atoms with Crippen LogP contribution in [-0.2, 0) is 35.1 Å². The third-order valence-electron chi connectivity index (χ3n) is 7.14. The molecule has 0 aromatic heterocycles. The number of hydrogen-bond acceptors (Lipinski definition) is 9. The molecule has 1 aromatic carbocycles. The molecule has 2 saturated heterocycles. The summed E-state index contributed by atoms with van der Waals surface area (Å²) in [6, 6.07) is 8.51. The molecule has 2 aliphatic heterocycles. The first kappa shape index (κ1) is 36.1. The van der Waals surface area contributed by atoms with Gasteiger partial charge in [-0.3, -0.25) is 4.79 Å². The molecule has 0 saturated carbocycles. The Morgan fingerprint density at radius 2 is 1.44 bits per heavy atom. The third kappa shape index (κ3) is 11.8. The Bertz CT molecular complexity index is 1160. The highest BCUT2D eigenvalue weighted by Crippen LogP contribution is 2.29. The maximum absolute atomic E-state index is 14.0. The standard InChI is InChI=1S/C33H51N3O9/c1-31(2,3)44-28(38)34-17-12-13-19-35(29(39)41-22-24-15-10-9-11-16-24)25(26-23-42-33(7,8)43-26)21-27(37)36(20-14-18-34)30(40)45-32(4,5)6/h9-11,15-16,25-26H,12-14,17-23H2,1-8H3/t25?,26-/m1/s1. The average molecular weight is 634 g/mol. The molecule has 45 heavy (non-hydrogen) atoms. The average Bonchev–Trinajstić information content (AvgIpc) is 3.29. The molecule has 2 atom stereocenters. The normalized spacial score (nSPS) is 22.1. The fourth-order valence-electron chi connectivity index (χ4n) is 5.09. The molecular formula is C33H51N3O9. The van der Waals surface area contributed by atoms with Crippen LogP contribution in [0.15, 0.2) is 30.3 Å². The molecule has 0 N–H and O–H groups in total. The van der Waals surface area contributed by atoms with E-state index in [4.69, 9.17) is 23.7 Å². The summed E-state index contributed by atoms with van der Waals surface area (Å²) in [4.78, 5) is 58.2. The summed E-state index contributed by atoms with van der Waals surface area (Å²) in [7, 11) is 0. The van der Waals surface area contributed by atoms with E-state index in [1.165, 1.54) is 4.90 Å². The number of hydrogen-bond donors (Lipinski definition) is 0. The van der Waals surface area contributed by atoms with Crippen LogP contribution >= 0.6 is 0 Å². The summed E-state index contributed by atoms with van der Waals surface area (Å²) >= 11 is 0. The Labute approximate surface area is 267 Å². The largest absolute Gasteiger partial charge is 0.445 e. The summed E-state index contributed by atoms with van der Waals surface area (Å²) in [6.45, 7) is 15.1. The predicted octanol–water partition coefficient (Wildman–Crippen LogP) is 5.72. The summed E-state index contributed by atoms with van der Waals surface area (Å²) in [5.74, 6) is -1.46. The first-order valence-electron chi connectivity index (χ1n) is 15.7. The maximum atomic E-state index is 14.0. The number of benzene rings is 1. The van der Waals surface area contributed by atoms with Gasteiger partial charge in [-0.2, -0.15) is 0 Å². The Balaban J connectivity index is 1.95. The molecule has 0 radical (unpaired) electrons. The van der Waals surface area contributed by atoms with Crippen molar-refractivity contribution in [2.24, 2.45) is 0 Å². The minimum Gasteiger partial charge on any atom is -0.445 e. The lowest BCUT2D eigenvalue weighted by Gasteiger charge is -2.35. The van der Waals surface area contributed by atoms with Crippen molar-refractivity contribution < 1.29 is 42.9 Å². The van der Waals surface area contributed by atoms with Gasteiger partial charge in [0.15, 0.2) is 5.79 Å². The van der Waals surface area contributed by atoms with Gasteiger partial charge in [0.05, 0.1) is 19.1 Å². The number of nitrogens with zero attached hydrogens (tertiary/aromatic N) is 3. The van der Waals surface area contributed by atoms with Crippen LogP contribution in [0.3, 0.4) is 0 Å². The Hall–Kier alpha value is -3.38.